The third kappa shape index (κ3) is 4.01. The summed E-state index contributed by atoms with van der Waals surface area (Å²) in [6.45, 7) is 3.89. The van der Waals surface area contributed by atoms with Gasteiger partial charge in [-0.2, -0.15) is 0 Å². The van der Waals surface area contributed by atoms with Crippen molar-refractivity contribution in [2.75, 3.05) is 13.4 Å². The summed E-state index contributed by atoms with van der Waals surface area (Å²) in [6.07, 6.45) is 1.94. The molecule has 0 fully saturated rings. The van der Waals surface area contributed by atoms with E-state index < -0.39 is 0 Å². The molecule has 1 atom stereocenters. The number of benzene rings is 1. The largest absolute Gasteiger partial charge is 0.483 e. The standard InChI is InChI=1S/C15H21NO5/c1-3-4-10(2)16-15(18)8-19-12-6-14-13(20-9-21-14)5-11(12)7-17/h5-6,10,17H,3-4,7-9H2,1-2H3,(H,16,18). The van der Waals surface area contributed by atoms with Gasteiger partial charge < -0.3 is 24.6 Å². The molecule has 0 aromatic heterocycles. The highest BCUT2D eigenvalue weighted by Gasteiger charge is 2.18. The molecule has 1 heterocycles. The van der Waals surface area contributed by atoms with Crippen molar-refractivity contribution in [2.45, 2.75) is 39.3 Å². The van der Waals surface area contributed by atoms with Crippen molar-refractivity contribution in [3.63, 3.8) is 0 Å². The number of nitrogens with one attached hydrogen (secondary N) is 1. The summed E-state index contributed by atoms with van der Waals surface area (Å²) >= 11 is 0. The molecule has 21 heavy (non-hydrogen) atoms. The van der Waals surface area contributed by atoms with E-state index in [0.717, 1.165) is 12.8 Å². The quantitative estimate of drug-likeness (QED) is 0.799. The summed E-state index contributed by atoms with van der Waals surface area (Å²) in [4.78, 5) is 11.8. The fourth-order valence-corrected chi connectivity index (χ4v) is 2.19. The van der Waals surface area contributed by atoms with Crippen molar-refractivity contribution in [3.05, 3.63) is 17.7 Å². The molecular formula is C15H21NO5. The molecule has 1 aromatic carbocycles. The lowest BCUT2D eigenvalue weighted by atomic mass is 10.2. The van der Waals surface area contributed by atoms with E-state index in [9.17, 15) is 9.90 Å². The maximum atomic E-state index is 11.8. The molecule has 6 heteroatoms. The highest BCUT2D eigenvalue weighted by atomic mass is 16.7. The van der Waals surface area contributed by atoms with Crippen molar-refractivity contribution >= 4 is 5.91 Å². The second-order valence-corrected chi connectivity index (χ2v) is 5.02. The van der Waals surface area contributed by atoms with Gasteiger partial charge in [0.25, 0.3) is 5.91 Å². The first kappa shape index (κ1) is 15.4. The molecule has 1 amide bonds. The molecule has 116 valence electrons. The fraction of sp³-hybridized carbons (Fsp3) is 0.533. The predicted molar refractivity (Wildman–Crippen MR) is 76.5 cm³/mol. The second kappa shape index (κ2) is 7.17. The average molecular weight is 295 g/mol. The number of hydrogen-bond acceptors (Lipinski definition) is 5. The van der Waals surface area contributed by atoms with Gasteiger partial charge in [-0.1, -0.05) is 13.3 Å². The van der Waals surface area contributed by atoms with E-state index in [-0.39, 0.29) is 32.0 Å². The van der Waals surface area contributed by atoms with E-state index in [2.05, 4.69) is 12.2 Å². The maximum absolute atomic E-state index is 11.8. The summed E-state index contributed by atoms with van der Waals surface area (Å²) in [5, 5.41) is 12.2. The number of rotatable bonds is 7. The van der Waals surface area contributed by atoms with E-state index in [1.807, 2.05) is 6.92 Å². The highest BCUT2D eigenvalue weighted by molar-refractivity contribution is 5.77. The normalized spacial score (nSPS) is 13.9. The molecule has 1 aliphatic heterocycles. The average Bonchev–Trinajstić information content (AvgIpc) is 2.91. The van der Waals surface area contributed by atoms with Gasteiger partial charge in [-0.25, -0.2) is 0 Å². The summed E-state index contributed by atoms with van der Waals surface area (Å²) in [5.74, 6) is 1.38. The minimum absolute atomic E-state index is 0.0965. The van der Waals surface area contributed by atoms with E-state index in [1.54, 1.807) is 12.1 Å². The molecule has 1 aliphatic rings. The minimum Gasteiger partial charge on any atom is -0.483 e. The van der Waals surface area contributed by atoms with Crippen molar-refractivity contribution in [3.8, 4) is 17.2 Å². The Balaban J connectivity index is 1.95. The Morgan fingerprint density at radius 3 is 2.81 bits per heavy atom. The van der Waals surface area contributed by atoms with Crippen LogP contribution in [-0.2, 0) is 11.4 Å². The number of carbonyl (C=O) groups excluding carboxylic acids is 1. The van der Waals surface area contributed by atoms with Crippen LogP contribution in [0.2, 0.25) is 0 Å². The molecule has 6 nitrogen and oxygen atoms in total. The Hall–Kier alpha value is -1.95. The first-order valence-electron chi connectivity index (χ1n) is 7.09. The number of amides is 1. The van der Waals surface area contributed by atoms with Crippen LogP contribution in [0.4, 0.5) is 0 Å². The molecular weight excluding hydrogens is 274 g/mol. The molecule has 0 spiro atoms. The topological polar surface area (TPSA) is 77.0 Å². The minimum atomic E-state index is -0.195. The predicted octanol–water partition coefficient (Wildman–Crippen LogP) is 1.59. The van der Waals surface area contributed by atoms with Crippen molar-refractivity contribution in [1.29, 1.82) is 0 Å². The van der Waals surface area contributed by atoms with Gasteiger partial charge in [0.2, 0.25) is 6.79 Å². The molecule has 0 saturated carbocycles. The van der Waals surface area contributed by atoms with Crippen molar-refractivity contribution in [2.24, 2.45) is 0 Å². The van der Waals surface area contributed by atoms with Gasteiger partial charge in [0.15, 0.2) is 18.1 Å². The zero-order valence-corrected chi connectivity index (χ0v) is 12.3. The van der Waals surface area contributed by atoms with Gasteiger partial charge in [-0.3, -0.25) is 4.79 Å². The second-order valence-electron chi connectivity index (χ2n) is 5.02. The van der Waals surface area contributed by atoms with Gasteiger partial charge in [0.05, 0.1) is 6.61 Å². The molecule has 2 rings (SSSR count). The van der Waals surface area contributed by atoms with Crippen LogP contribution >= 0.6 is 0 Å². The third-order valence-corrected chi connectivity index (χ3v) is 3.21. The molecule has 0 aliphatic carbocycles. The molecule has 0 saturated heterocycles. The van der Waals surface area contributed by atoms with E-state index in [0.29, 0.717) is 22.8 Å². The number of aliphatic hydroxyl groups excluding tert-OH is 1. The monoisotopic (exact) mass is 295 g/mol. The van der Waals surface area contributed by atoms with Gasteiger partial charge in [0.1, 0.15) is 5.75 Å². The van der Waals surface area contributed by atoms with Crippen LogP contribution in [0, 0.1) is 0 Å². The van der Waals surface area contributed by atoms with Gasteiger partial charge >= 0.3 is 0 Å². The first-order valence-corrected chi connectivity index (χ1v) is 7.09. The number of carbonyl (C=O) groups is 1. The Morgan fingerprint density at radius 2 is 2.14 bits per heavy atom. The summed E-state index contributed by atoms with van der Waals surface area (Å²) in [7, 11) is 0. The fourth-order valence-electron chi connectivity index (χ4n) is 2.19. The Bertz CT molecular complexity index is 503. The summed E-state index contributed by atoms with van der Waals surface area (Å²) in [6, 6.07) is 3.42. The van der Waals surface area contributed by atoms with Gasteiger partial charge in [-0.15, -0.1) is 0 Å². The van der Waals surface area contributed by atoms with Gasteiger partial charge in [0, 0.05) is 17.7 Å². The lowest BCUT2D eigenvalue weighted by molar-refractivity contribution is -0.123. The zero-order valence-electron chi connectivity index (χ0n) is 12.3. The smallest absolute Gasteiger partial charge is 0.258 e. The highest BCUT2D eigenvalue weighted by Crippen LogP contribution is 2.38. The number of ether oxygens (including phenoxy) is 3. The van der Waals surface area contributed by atoms with Crippen LogP contribution in [0.25, 0.3) is 0 Å². The summed E-state index contributed by atoms with van der Waals surface area (Å²) < 4.78 is 16.0. The summed E-state index contributed by atoms with van der Waals surface area (Å²) in [5.41, 5.74) is 0.564. The number of hydrogen-bond donors (Lipinski definition) is 2. The lowest BCUT2D eigenvalue weighted by Gasteiger charge is -2.14. The van der Waals surface area contributed by atoms with E-state index >= 15 is 0 Å². The van der Waals surface area contributed by atoms with Crippen molar-refractivity contribution in [1.82, 2.24) is 5.32 Å². The molecule has 1 unspecified atom stereocenters. The Morgan fingerprint density at radius 1 is 1.43 bits per heavy atom. The van der Waals surface area contributed by atoms with Crippen LogP contribution in [-0.4, -0.2) is 30.5 Å². The van der Waals surface area contributed by atoms with Crippen molar-refractivity contribution < 1.29 is 24.1 Å². The zero-order chi connectivity index (χ0) is 15.2. The van der Waals surface area contributed by atoms with Crippen LogP contribution in [0.15, 0.2) is 12.1 Å². The molecule has 0 radical (unpaired) electrons. The molecule has 2 N–H and O–H groups in total. The molecule has 1 aromatic rings. The number of fused-ring (bicyclic) bond motifs is 1. The third-order valence-electron chi connectivity index (χ3n) is 3.21. The maximum Gasteiger partial charge on any atom is 0.258 e. The molecule has 0 bridgehead atoms. The van der Waals surface area contributed by atoms with E-state index in [1.165, 1.54) is 0 Å². The van der Waals surface area contributed by atoms with Gasteiger partial charge in [-0.05, 0) is 19.4 Å². The van der Waals surface area contributed by atoms with E-state index in [4.69, 9.17) is 14.2 Å². The lowest BCUT2D eigenvalue weighted by Crippen LogP contribution is -2.36. The first-order chi connectivity index (χ1) is 10.1. The van der Waals surface area contributed by atoms with Crippen LogP contribution in [0.1, 0.15) is 32.3 Å². The van der Waals surface area contributed by atoms with Crippen LogP contribution < -0.4 is 19.5 Å². The Labute approximate surface area is 124 Å². The SMILES string of the molecule is CCCC(C)NC(=O)COc1cc2c(cc1CO)OCO2. The number of aliphatic hydroxyl groups is 1. The van der Waals surface area contributed by atoms with Crippen LogP contribution in [0.5, 0.6) is 17.2 Å². The van der Waals surface area contributed by atoms with Crippen LogP contribution in [0.3, 0.4) is 0 Å². The Kier molecular flexibility index (Phi) is 5.27.